The van der Waals surface area contributed by atoms with Gasteiger partial charge in [0.05, 0.1) is 26.9 Å². The fraction of sp³-hybridized carbons (Fsp3) is 0.455. The van der Waals surface area contributed by atoms with Crippen molar-refractivity contribution in [2.75, 3.05) is 20.8 Å². The van der Waals surface area contributed by atoms with Crippen molar-refractivity contribution >= 4 is 0 Å². The smallest absolute Gasteiger partial charge is 0.130 e. The molecule has 0 aromatic heterocycles. The monoisotopic (exact) mass is 211 g/mol. The fourth-order valence-corrected chi connectivity index (χ4v) is 1.58. The molecule has 0 radical (unpaired) electrons. The molecule has 84 valence electrons. The molecule has 1 atom stereocenters. The third-order valence-electron chi connectivity index (χ3n) is 2.41. The van der Waals surface area contributed by atoms with Gasteiger partial charge in [-0.05, 0) is 19.1 Å². The normalized spacial score (nSPS) is 12.3. The summed E-state index contributed by atoms with van der Waals surface area (Å²) >= 11 is 0. The highest BCUT2D eigenvalue weighted by atomic mass is 16.5. The molecular formula is C11H17NO3. The van der Waals surface area contributed by atoms with Crippen molar-refractivity contribution in [1.29, 1.82) is 0 Å². The lowest BCUT2D eigenvalue weighted by Gasteiger charge is -2.17. The molecular weight excluding hydrogens is 194 g/mol. The van der Waals surface area contributed by atoms with E-state index in [1.54, 1.807) is 14.2 Å². The molecule has 0 aliphatic heterocycles. The molecule has 0 amide bonds. The molecule has 0 saturated carbocycles. The Bertz CT molecular complexity index is 339. The molecule has 0 saturated heterocycles. The number of methoxy groups -OCH3 is 2. The molecule has 4 nitrogen and oxygen atoms in total. The molecule has 1 unspecified atom stereocenters. The zero-order valence-electron chi connectivity index (χ0n) is 9.28. The summed E-state index contributed by atoms with van der Waals surface area (Å²) in [4.78, 5) is 0. The topological polar surface area (TPSA) is 64.7 Å². The van der Waals surface area contributed by atoms with E-state index in [9.17, 15) is 0 Å². The van der Waals surface area contributed by atoms with Gasteiger partial charge >= 0.3 is 0 Å². The lowest BCUT2D eigenvalue weighted by Crippen LogP contribution is -2.16. The molecule has 3 N–H and O–H groups in total. The van der Waals surface area contributed by atoms with Crippen LogP contribution < -0.4 is 15.2 Å². The number of hydrogen-bond acceptors (Lipinski definition) is 4. The quantitative estimate of drug-likeness (QED) is 0.780. The van der Waals surface area contributed by atoms with Crippen LogP contribution in [0.1, 0.15) is 17.2 Å². The van der Waals surface area contributed by atoms with E-state index in [1.165, 1.54) is 0 Å². The number of rotatable bonds is 4. The predicted molar refractivity (Wildman–Crippen MR) is 58.3 cm³/mol. The largest absolute Gasteiger partial charge is 0.496 e. The van der Waals surface area contributed by atoms with Gasteiger partial charge in [0.2, 0.25) is 0 Å². The van der Waals surface area contributed by atoms with E-state index in [2.05, 4.69) is 0 Å². The number of benzene rings is 1. The number of hydrogen-bond donors (Lipinski definition) is 2. The summed E-state index contributed by atoms with van der Waals surface area (Å²) in [5.74, 6) is 1.43. The second kappa shape index (κ2) is 5.00. The van der Waals surface area contributed by atoms with Crippen LogP contribution in [-0.4, -0.2) is 25.9 Å². The van der Waals surface area contributed by atoms with Gasteiger partial charge in [-0.2, -0.15) is 0 Å². The van der Waals surface area contributed by atoms with Gasteiger partial charge in [0.15, 0.2) is 0 Å². The second-order valence-corrected chi connectivity index (χ2v) is 3.30. The third kappa shape index (κ3) is 2.22. The standard InChI is InChI=1S/C11H17NO3/c1-7-10(14-2)5-4-8(9(12)6-13)11(7)15-3/h4-5,9,13H,6,12H2,1-3H3. The van der Waals surface area contributed by atoms with Crippen molar-refractivity contribution in [3.05, 3.63) is 23.3 Å². The van der Waals surface area contributed by atoms with Gasteiger partial charge in [0, 0.05) is 11.1 Å². The summed E-state index contributed by atoms with van der Waals surface area (Å²) in [5, 5.41) is 9.01. The minimum absolute atomic E-state index is 0.109. The van der Waals surface area contributed by atoms with Crippen LogP contribution in [-0.2, 0) is 0 Å². The third-order valence-corrected chi connectivity index (χ3v) is 2.41. The minimum Gasteiger partial charge on any atom is -0.496 e. The molecule has 0 spiro atoms. The predicted octanol–water partition coefficient (Wildman–Crippen LogP) is 1.00. The van der Waals surface area contributed by atoms with Crippen LogP contribution >= 0.6 is 0 Å². The Kier molecular flexibility index (Phi) is 3.94. The van der Waals surface area contributed by atoms with Crippen LogP contribution in [0.4, 0.5) is 0 Å². The first-order chi connectivity index (χ1) is 7.15. The number of ether oxygens (including phenoxy) is 2. The maximum atomic E-state index is 9.01. The molecule has 1 aromatic carbocycles. The molecule has 0 heterocycles. The Balaban J connectivity index is 3.24. The van der Waals surface area contributed by atoms with Crippen molar-refractivity contribution in [3.8, 4) is 11.5 Å². The van der Waals surface area contributed by atoms with Crippen molar-refractivity contribution in [1.82, 2.24) is 0 Å². The van der Waals surface area contributed by atoms with Crippen LogP contribution in [0.5, 0.6) is 11.5 Å². The number of nitrogens with two attached hydrogens (primary N) is 1. The molecule has 0 bridgehead atoms. The first-order valence-electron chi connectivity index (χ1n) is 4.73. The molecule has 0 aliphatic carbocycles. The SMILES string of the molecule is COc1ccc(C(N)CO)c(OC)c1C. The van der Waals surface area contributed by atoms with Gasteiger partial charge in [0.1, 0.15) is 11.5 Å². The number of aliphatic hydroxyl groups excluding tert-OH is 1. The highest BCUT2D eigenvalue weighted by Crippen LogP contribution is 2.33. The van der Waals surface area contributed by atoms with Crippen LogP contribution in [0.2, 0.25) is 0 Å². The van der Waals surface area contributed by atoms with Gasteiger partial charge in [0.25, 0.3) is 0 Å². The summed E-state index contributed by atoms with van der Waals surface area (Å²) in [5.41, 5.74) is 7.44. The maximum absolute atomic E-state index is 9.01. The van der Waals surface area contributed by atoms with Gasteiger partial charge in [-0.1, -0.05) is 0 Å². The van der Waals surface area contributed by atoms with Crippen molar-refractivity contribution in [2.45, 2.75) is 13.0 Å². The minimum atomic E-state index is -0.426. The van der Waals surface area contributed by atoms with E-state index in [-0.39, 0.29) is 6.61 Å². The van der Waals surface area contributed by atoms with Crippen molar-refractivity contribution in [2.24, 2.45) is 5.73 Å². The second-order valence-electron chi connectivity index (χ2n) is 3.30. The highest BCUT2D eigenvalue weighted by molar-refractivity contribution is 5.50. The van der Waals surface area contributed by atoms with Gasteiger partial charge in [-0.15, -0.1) is 0 Å². The molecule has 1 aromatic rings. The van der Waals surface area contributed by atoms with Gasteiger partial charge in [-0.3, -0.25) is 0 Å². The molecule has 0 aliphatic rings. The van der Waals surface area contributed by atoms with Crippen molar-refractivity contribution < 1.29 is 14.6 Å². The Morgan fingerprint density at radius 2 is 2.00 bits per heavy atom. The van der Waals surface area contributed by atoms with E-state index in [0.29, 0.717) is 5.75 Å². The average Bonchev–Trinajstić information content (AvgIpc) is 2.27. The van der Waals surface area contributed by atoms with E-state index in [4.69, 9.17) is 20.3 Å². The summed E-state index contributed by atoms with van der Waals surface area (Å²) in [6, 6.07) is 3.21. The van der Waals surface area contributed by atoms with Crippen LogP contribution in [0.15, 0.2) is 12.1 Å². The first-order valence-corrected chi connectivity index (χ1v) is 4.73. The highest BCUT2D eigenvalue weighted by Gasteiger charge is 2.15. The molecule has 15 heavy (non-hydrogen) atoms. The van der Waals surface area contributed by atoms with Crippen LogP contribution in [0, 0.1) is 6.92 Å². The van der Waals surface area contributed by atoms with Crippen LogP contribution in [0.25, 0.3) is 0 Å². The Morgan fingerprint density at radius 3 is 2.47 bits per heavy atom. The Labute approximate surface area is 89.6 Å². The van der Waals surface area contributed by atoms with E-state index >= 15 is 0 Å². The zero-order chi connectivity index (χ0) is 11.4. The maximum Gasteiger partial charge on any atom is 0.130 e. The summed E-state index contributed by atoms with van der Waals surface area (Å²) < 4.78 is 10.4. The summed E-state index contributed by atoms with van der Waals surface area (Å²) in [6.45, 7) is 1.79. The van der Waals surface area contributed by atoms with Crippen molar-refractivity contribution in [3.63, 3.8) is 0 Å². The van der Waals surface area contributed by atoms with E-state index in [1.807, 2.05) is 19.1 Å². The number of aliphatic hydroxyl groups is 1. The fourth-order valence-electron chi connectivity index (χ4n) is 1.58. The van der Waals surface area contributed by atoms with E-state index < -0.39 is 6.04 Å². The van der Waals surface area contributed by atoms with Gasteiger partial charge in [-0.25, -0.2) is 0 Å². The lowest BCUT2D eigenvalue weighted by molar-refractivity contribution is 0.264. The molecule has 4 heteroatoms. The van der Waals surface area contributed by atoms with Gasteiger partial charge < -0.3 is 20.3 Å². The molecule has 0 fully saturated rings. The first kappa shape index (κ1) is 11.8. The average molecular weight is 211 g/mol. The Hall–Kier alpha value is -1.26. The summed E-state index contributed by atoms with van der Waals surface area (Å²) in [6.07, 6.45) is 0. The lowest BCUT2D eigenvalue weighted by atomic mass is 10.0. The summed E-state index contributed by atoms with van der Waals surface area (Å²) in [7, 11) is 3.18. The van der Waals surface area contributed by atoms with E-state index in [0.717, 1.165) is 16.9 Å². The van der Waals surface area contributed by atoms with Crippen LogP contribution in [0.3, 0.4) is 0 Å². The Morgan fingerprint density at radius 1 is 1.33 bits per heavy atom. The zero-order valence-corrected chi connectivity index (χ0v) is 9.28. The molecule has 1 rings (SSSR count).